The van der Waals surface area contributed by atoms with E-state index in [0.29, 0.717) is 0 Å². The number of hydrogen-bond acceptors (Lipinski definition) is 4. The molecule has 27 heavy (non-hydrogen) atoms. The second kappa shape index (κ2) is 7.98. The van der Waals surface area contributed by atoms with Crippen molar-refractivity contribution in [1.29, 1.82) is 0 Å². The number of benzene rings is 1. The minimum atomic E-state index is -0.805. The molecule has 2 aromatic heterocycles. The molecule has 0 saturated heterocycles. The smallest absolute Gasteiger partial charge is 0.272 e. The van der Waals surface area contributed by atoms with Crippen LogP contribution in [0.25, 0.3) is 0 Å². The summed E-state index contributed by atoms with van der Waals surface area (Å²) in [6.07, 6.45) is 3.38. The zero-order chi connectivity index (χ0) is 19.4. The van der Waals surface area contributed by atoms with E-state index in [2.05, 4.69) is 15.5 Å². The van der Waals surface area contributed by atoms with E-state index in [0.717, 1.165) is 24.4 Å². The molecule has 9 heteroatoms. The fraction of sp³-hybridized carbons (Fsp3) is 0.278. The van der Waals surface area contributed by atoms with Crippen LogP contribution in [0.2, 0.25) is 0 Å². The minimum Gasteiger partial charge on any atom is -0.468 e. The van der Waals surface area contributed by atoms with Crippen molar-refractivity contribution in [2.75, 3.05) is 0 Å². The maximum absolute atomic E-state index is 13.6. The summed E-state index contributed by atoms with van der Waals surface area (Å²) in [5.74, 6) is -1.95. The first kappa shape index (κ1) is 18.6. The molecule has 3 aromatic rings. The molecule has 7 nitrogen and oxygen atoms in total. The normalized spacial score (nSPS) is 12.0. The third-order valence-corrected chi connectivity index (χ3v) is 3.90. The van der Waals surface area contributed by atoms with Gasteiger partial charge in [0.2, 0.25) is 0 Å². The first-order valence-electron chi connectivity index (χ1n) is 8.41. The van der Waals surface area contributed by atoms with E-state index >= 15 is 0 Å². The van der Waals surface area contributed by atoms with Crippen molar-refractivity contribution in [3.63, 3.8) is 0 Å². The highest BCUT2D eigenvalue weighted by atomic mass is 19.1. The summed E-state index contributed by atoms with van der Waals surface area (Å²) in [6, 6.07) is 6.12. The summed E-state index contributed by atoms with van der Waals surface area (Å²) in [6.45, 7) is 4.44. The highest BCUT2D eigenvalue weighted by Crippen LogP contribution is 2.18. The molecule has 1 atom stereocenters. The van der Waals surface area contributed by atoms with Gasteiger partial charge in [-0.05, 0) is 38.1 Å². The standard InChI is InChI=1S/C18H19F2N5O2/c1-3-24-8-6-15(22-24)12(2)21-18(26)16-7-9-25(23-16)11-27-17-5-4-13(19)10-14(17)20/h4-10,12H,3,11H2,1-2H3,(H,21,26). The van der Waals surface area contributed by atoms with Gasteiger partial charge in [0.1, 0.15) is 11.5 Å². The van der Waals surface area contributed by atoms with Gasteiger partial charge in [0, 0.05) is 25.0 Å². The molecule has 1 unspecified atom stereocenters. The summed E-state index contributed by atoms with van der Waals surface area (Å²) >= 11 is 0. The number of carbonyl (C=O) groups excluding carboxylic acids is 1. The first-order valence-corrected chi connectivity index (χ1v) is 8.41. The van der Waals surface area contributed by atoms with Crippen LogP contribution in [0.1, 0.15) is 36.1 Å². The molecule has 1 aromatic carbocycles. The lowest BCUT2D eigenvalue weighted by Gasteiger charge is -2.10. The van der Waals surface area contributed by atoms with Gasteiger partial charge >= 0.3 is 0 Å². The number of rotatable bonds is 7. The van der Waals surface area contributed by atoms with Gasteiger partial charge in [0.15, 0.2) is 18.3 Å². The largest absolute Gasteiger partial charge is 0.468 e. The van der Waals surface area contributed by atoms with Crippen LogP contribution in [-0.4, -0.2) is 25.5 Å². The number of halogens is 2. The lowest BCUT2D eigenvalue weighted by Crippen LogP contribution is -2.27. The van der Waals surface area contributed by atoms with Crippen LogP contribution in [0.15, 0.2) is 42.7 Å². The van der Waals surface area contributed by atoms with Crippen molar-refractivity contribution in [3.8, 4) is 5.75 Å². The first-order chi connectivity index (χ1) is 13.0. The molecule has 0 bridgehead atoms. The van der Waals surface area contributed by atoms with Crippen molar-refractivity contribution in [1.82, 2.24) is 24.9 Å². The predicted octanol–water partition coefficient (Wildman–Crippen LogP) is 2.91. The zero-order valence-corrected chi connectivity index (χ0v) is 14.9. The van der Waals surface area contributed by atoms with Crippen molar-refractivity contribution < 1.29 is 18.3 Å². The molecule has 0 aliphatic carbocycles. The van der Waals surface area contributed by atoms with Crippen LogP contribution < -0.4 is 10.1 Å². The van der Waals surface area contributed by atoms with E-state index in [1.165, 1.54) is 23.0 Å². The molecular formula is C18H19F2N5O2. The predicted molar refractivity (Wildman–Crippen MR) is 93.0 cm³/mol. The summed E-state index contributed by atoms with van der Waals surface area (Å²) < 4.78 is 34.8. The van der Waals surface area contributed by atoms with Crippen LogP contribution in [0.4, 0.5) is 8.78 Å². The zero-order valence-electron chi connectivity index (χ0n) is 14.9. The molecular weight excluding hydrogens is 356 g/mol. The Bertz CT molecular complexity index is 937. The highest BCUT2D eigenvalue weighted by molar-refractivity contribution is 5.92. The third-order valence-electron chi connectivity index (χ3n) is 3.90. The minimum absolute atomic E-state index is 0.0990. The number of aryl methyl sites for hydroxylation is 1. The monoisotopic (exact) mass is 375 g/mol. The van der Waals surface area contributed by atoms with E-state index in [1.54, 1.807) is 4.68 Å². The lowest BCUT2D eigenvalue weighted by molar-refractivity contribution is 0.0931. The van der Waals surface area contributed by atoms with E-state index in [4.69, 9.17) is 4.74 Å². The molecule has 0 aliphatic heterocycles. The molecule has 1 amide bonds. The molecule has 0 saturated carbocycles. The van der Waals surface area contributed by atoms with Crippen LogP contribution in [-0.2, 0) is 13.3 Å². The summed E-state index contributed by atoms with van der Waals surface area (Å²) in [4.78, 5) is 12.3. The maximum atomic E-state index is 13.6. The Kier molecular flexibility index (Phi) is 5.49. The van der Waals surface area contributed by atoms with Gasteiger partial charge in [-0.25, -0.2) is 13.5 Å². The Labute approximate surface area is 154 Å². The molecule has 0 spiro atoms. The van der Waals surface area contributed by atoms with Crippen LogP contribution in [0, 0.1) is 11.6 Å². The maximum Gasteiger partial charge on any atom is 0.272 e. The number of carbonyl (C=O) groups is 1. The molecule has 0 radical (unpaired) electrons. The van der Waals surface area contributed by atoms with Gasteiger partial charge in [0.05, 0.1) is 11.7 Å². The Morgan fingerprint density at radius 1 is 1.19 bits per heavy atom. The summed E-state index contributed by atoms with van der Waals surface area (Å²) in [5.41, 5.74) is 0.944. The average molecular weight is 375 g/mol. The van der Waals surface area contributed by atoms with Gasteiger partial charge in [-0.15, -0.1) is 0 Å². The van der Waals surface area contributed by atoms with Crippen molar-refractivity contribution in [3.05, 3.63) is 65.7 Å². The Hall–Kier alpha value is -3.23. The molecule has 0 fully saturated rings. The number of aromatic nitrogens is 4. The van der Waals surface area contributed by atoms with Crippen LogP contribution >= 0.6 is 0 Å². The van der Waals surface area contributed by atoms with E-state index in [-0.39, 0.29) is 30.1 Å². The SMILES string of the molecule is CCn1ccc(C(C)NC(=O)c2ccn(COc3ccc(F)cc3F)n2)n1. The fourth-order valence-electron chi connectivity index (χ4n) is 2.41. The lowest BCUT2D eigenvalue weighted by atomic mass is 10.2. The number of ether oxygens (including phenoxy) is 1. The average Bonchev–Trinajstić information content (AvgIpc) is 3.30. The molecule has 3 rings (SSSR count). The number of amides is 1. The Balaban J connectivity index is 1.58. The number of nitrogens with one attached hydrogen (secondary N) is 1. The van der Waals surface area contributed by atoms with Crippen molar-refractivity contribution in [2.24, 2.45) is 0 Å². The Morgan fingerprint density at radius 3 is 2.67 bits per heavy atom. The van der Waals surface area contributed by atoms with Gasteiger partial charge < -0.3 is 10.1 Å². The quantitative estimate of drug-likeness (QED) is 0.689. The summed E-state index contributed by atoms with van der Waals surface area (Å²) in [5, 5.41) is 11.3. The van der Waals surface area contributed by atoms with Gasteiger partial charge in [-0.1, -0.05) is 0 Å². The summed E-state index contributed by atoms with van der Waals surface area (Å²) in [7, 11) is 0. The number of hydrogen-bond donors (Lipinski definition) is 1. The topological polar surface area (TPSA) is 74.0 Å². The Morgan fingerprint density at radius 2 is 1.96 bits per heavy atom. The number of nitrogens with zero attached hydrogens (tertiary/aromatic N) is 4. The second-order valence-electron chi connectivity index (χ2n) is 5.88. The van der Waals surface area contributed by atoms with Crippen molar-refractivity contribution in [2.45, 2.75) is 33.2 Å². The molecule has 0 aliphatic rings. The van der Waals surface area contributed by atoms with E-state index in [9.17, 15) is 13.6 Å². The third kappa shape index (κ3) is 4.49. The van der Waals surface area contributed by atoms with Gasteiger partial charge in [-0.2, -0.15) is 10.2 Å². The molecule has 1 N–H and O–H groups in total. The second-order valence-corrected chi connectivity index (χ2v) is 5.88. The molecule has 2 heterocycles. The fourth-order valence-corrected chi connectivity index (χ4v) is 2.41. The van der Waals surface area contributed by atoms with Gasteiger partial charge in [-0.3, -0.25) is 9.48 Å². The van der Waals surface area contributed by atoms with Crippen LogP contribution in [0.5, 0.6) is 5.75 Å². The van der Waals surface area contributed by atoms with E-state index < -0.39 is 11.6 Å². The van der Waals surface area contributed by atoms with Gasteiger partial charge in [0.25, 0.3) is 5.91 Å². The van der Waals surface area contributed by atoms with Crippen molar-refractivity contribution >= 4 is 5.91 Å². The molecule has 142 valence electrons. The highest BCUT2D eigenvalue weighted by Gasteiger charge is 2.16. The van der Waals surface area contributed by atoms with E-state index in [1.807, 2.05) is 26.1 Å². The van der Waals surface area contributed by atoms with Crippen LogP contribution in [0.3, 0.4) is 0 Å².